The van der Waals surface area contributed by atoms with E-state index in [1.807, 2.05) is 6.08 Å². The van der Waals surface area contributed by atoms with E-state index in [4.69, 9.17) is 44.9 Å². The van der Waals surface area contributed by atoms with Crippen LogP contribution in [-0.2, 0) is 4.74 Å². The van der Waals surface area contributed by atoms with Gasteiger partial charge in [-0.05, 0) is 30.4 Å². The topological polar surface area (TPSA) is 54.9 Å². The molecule has 1 aliphatic heterocycles. The van der Waals surface area contributed by atoms with E-state index in [2.05, 4.69) is 15.8 Å². The third kappa shape index (κ3) is 4.84. The van der Waals surface area contributed by atoms with Gasteiger partial charge >= 0.3 is 0 Å². The fourth-order valence-electron chi connectivity index (χ4n) is 1.79. The lowest BCUT2D eigenvalue weighted by Gasteiger charge is -2.17. The van der Waals surface area contributed by atoms with E-state index in [1.54, 1.807) is 25.5 Å². The fourth-order valence-corrected chi connectivity index (χ4v) is 2.51. The van der Waals surface area contributed by atoms with Gasteiger partial charge < -0.3 is 14.8 Å². The van der Waals surface area contributed by atoms with Crippen LogP contribution in [0.2, 0.25) is 10.0 Å². The van der Waals surface area contributed by atoms with Crippen molar-refractivity contribution in [3.8, 4) is 5.75 Å². The Morgan fingerprint density at radius 3 is 3.09 bits per heavy atom. The number of fused-ring (bicyclic) bond motifs is 1. The first kappa shape index (κ1) is 17.0. The van der Waals surface area contributed by atoms with E-state index in [1.165, 1.54) is 0 Å². The molecule has 1 aromatic carbocycles. The van der Waals surface area contributed by atoms with Crippen LogP contribution in [0, 0.1) is 0 Å². The van der Waals surface area contributed by atoms with Gasteiger partial charge in [0.1, 0.15) is 12.4 Å². The average Bonchev–Trinajstić information content (AvgIpc) is 2.47. The second kappa shape index (κ2) is 8.33. The molecule has 1 aromatic rings. The lowest BCUT2D eigenvalue weighted by Crippen LogP contribution is -2.34. The highest BCUT2D eigenvalue weighted by Gasteiger charge is 2.14. The summed E-state index contributed by atoms with van der Waals surface area (Å²) in [4.78, 5) is 0. The van der Waals surface area contributed by atoms with Crippen LogP contribution < -0.4 is 15.5 Å². The number of rotatable bonds is 5. The molecule has 0 saturated heterocycles. The standard InChI is InChI=1S/C14H15Cl2N3O2S/c1-20-3-2-17-14(22)19-18-7-9-4-10-5-11(15)6-12(16)13(10)21-8-9/h4-7H,2-3,8H2,1H3,(H2,17,19,22). The van der Waals surface area contributed by atoms with E-state index >= 15 is 0 Å². The van der Waals surface area contributed by atoms with Crippen LogP contribution in [0.3, 0.4) is 0 Å². The highest BCUT2D eigenvalue weighted by atomic mass is 35.5. The number of benzene rings is 1. The molecule has 1 aliphatic rings. The van der Waals surface area contributed by atoms with E-state index in [0.717, 1.165) is 11.1 Å². The Bertz CT molecular complexity index is 620. The van der Waals surface area contributed by atoms with E-state index < -0.39 is 0 Å². The third-order valence-electron chi connectivity index (χ3n) is 2.75. The minimum Gasteiger partial charge on any atom is -0.487 e. The lowest BCUT2D eigenvalue weighted by atomic mass is 10.1. The second-order valence-electron chi connectivity index (χ2n) is 4.43. The van der Waals surface area contributed by atoms with Crippen molar-refractivity contribution < 1.29 is 9.47 Å². The van der Waals surface area contributed by atoms with Crippen LogP contribution in [0.5, 0.6) is 5.75 Å². The minimum atomic E-state index is 0.378. The molecule has 0 saturated carbocycles. The molecule has 0 spiro atoms. The number of nitrogens with zero attached hydrogens (tertiary/aromatic N) is 1. The molecular formula is C14H15Cl2N3O2S. The molecule has 0 atom stereocenters. The van der Waals surface area contributed by atoms with E-state index in [0.29, 0.717) is 40.7 Å². The molecule has 2 rings (SSSR count). The largest absolute Gasteiger partial charge is 0.487 e. The lowest BCUT2D eigenvalue weighted by molar-refractivity contribution is 0.204. The van der Waals surface area contributed by atoms with Crippen LogP contribution in [0.4, 0.5) is 0 Å². The van der Waals surface area contributed by atoms with Crippen LogP contribution >= 0.6 is 35.4 Å². The number of halogens is 2. The highest BCUT2D eigenvalue weighted by molar-refractivity contribution is 7.80. The van der Waals surface area contributed by atoms with Gasteiger partial charge in [0, 0.05) is 29.8 Å². The number of hydrazone groups is 1. The molecule has 0 bridgehead atoms. The molecule has 22 heavy (non-hydrogen) atoms. The average molecular weight is 360 g/mol. The van der Waals surface area contributed by atoms with Crippen molar-refractivity contribution in [3.05, 3.63) is 33.3 Å². The Morgan fingerprint density at radius 2 is 2.32 bits per heavy atom. The zero-order chi connectivity index (χ0) is 15.9. The monoisotopic (exact) mass is 359 g/mol. The van der Waals surface area contributed by atoms with Crippen molar-refractivity contribution in [1.29, 1.82) is 0 Å². The molecule has 2 N–H and O–H groups in total. The smallest absolute Gasteiger partial charge is 0.187 e. The number of hydrogen-bond donors (Lipinski definition) is 2. The van der Waals surface area contributed by atoms with Gasteiger partial charge in [0.25, 0.3) is 0 Å². The molecule has 5 nitrogen and oxygen atoms in total. The quantitative estimate of drug-likeness (QED) is 0.366. The summed E-state index contributed by atoms with van der Waals surface area (Å²) in [5.41, 5.74) is 4.42. The maximum Gasteiger partial charge on any atom is 0.187 e. The molecule has 8 heteroatoms. The molecule has 0 radical (unpaired) electrons. The zero-order valence-corrected chi connectivity index (χ0v) is 14.2. The fraction of sp³-hybridized carbons (Fsp3) is 0.286. The maximum atomic E-state index is 6.08. The first-order chi connectivity index (χ1) is 10.6. The SMILES string of the molecule is COCCNC(=S)NN=CC1=Cc2cc(Cl)cc(Cl)c2OC1. The van der Waals surface area contributed by atoms with Crippen LogP contribution in [0.15, 0.2) is 22.8 Å². The summed E-state index contributed by atoms with van der Waals surface area (Å²) in [5.74, 6) is 0.632. The zero-order valence-electron chi connectivity index (χ0n) is 11.9. The molecule has 0 unspecified atom stereocenters. The summed E-state index contributed by atoms with van der Waals surface area (Å²) < 4.78 is 10.5. The predicted octanol–water partition coefficient (Wildman–Crippen LogP) is 2.87. The van der Waals surface area contributed by atoms with E-state index in [9.17, 15) is 0 Å². The number of ether oxygens (including phenoxy) is 2. The summed E-state index contributed by atoms with van der Waals surface area (Å²) in [5, 5.41) is 8.49. The van der Waals surface area contributed by atoms with Gasteiger partial charge in [-0.1, -0.05) is 23.2 Å². The van der Waals surface area contributed by atoms with Crippen molar-refractivity contribution >= 4 is 52.8 Å². The minimum absolute atomic E-state index is 0.378. The van der Waals surface area contributed by atoms with Crippen LogP contribution in [0.1, 0.15) is 5.56 Å². The number of methoxy groups -OCH3 is 1. The Labute approximate surface area is 144 Å². The highest BCUT2D eigenvalue weighted by Crippen LogP contribution is 2.36. The Morgan fingerprint density at radius 1 is 1.50 bits per heavy atom. The molecule has 0 amide bonds. The summed E-state index contributed by atoms with van der Waals surface area (Å²) in [7, 11) is 1.63. The van der Waals surface area contributed by atoms with Crippen molar-refractivity contribution in [2.45, 2.75) is 0 Å². The Hall–Kier alpha value is -1.34. The number of thiocarbonyl (C=S) groups is 1. The van der Waals surface area contributed by atoms with Crippen molar-refractivity contribution in [1.82, 2.24) is 10.7 Å². The predicted molar refractivity (Wildman–Crippen MR) is 94.0 cm³/mol. The van der Waals surface area contributed by atoms with Gasteiger partial charge in [-0.3, -0.25) is 5.43 Å². The molecule has 0 aliphatic carbocycles. The van der Waals surface area contributed by atoms with Crippen molar-refractivity contribution in [2.75, 3.05) is 26.9 Å². The Kier molecular flexibility index (Phi) is 6.45. The van der Waals surface area contributed by atoms with Gasteiger partial charge in [0.15, 0.2) is 5.11 Å². The van der Waals surface area contributed by atoms with Gasteiger partial charge in [-0.2, -0.15) is 5.10 Å². The molecular weight excluding hydrogens is 345 g/mol. The van der Waals surface area contributed by atoms with E-state index in [-0.39, 0.29) is 0 Å². The van der Waals surface area contributed by atoms with Gasteiger partial charge in [-0.25, -0.2) is 0 Å². The summed E-state index contributed by atoms with van der Waals surface area (Å²) in [6.07, 6.45) is 3.56. The first-order valence-corrected chi connectivity index (χ1v) is 7.65. The van der Waals surface area contributed by atoms with Crippen molar-refractivity contribution in [3.63, 3.8) is 0 Å². The maximum absolute atomic E-state index is 6.08. The van der Waals surface area contributed by atoms with Crippen LogP contribution in [0.25, 0.3) is 6.08 Å². The summed E-state index contributed by atoms with van der Waals surface area (Å²) in [6, 6.07) is 3.45. The van der Waals surface area contributed by atoms with Gasteiger partial charge in [0.2, 0.25) is 0 Å². The van der Waals surface area contributed by atoms with Gasteiger partial charge in [-0.15, -0.1) is 0 Å². The first-order valence-electron chi connectivity index (χ1n) is 6.48. The normalized spacial score (nSPS) is 13.3. The molecule has 0 aromatic heterocycles. The second-order valence-corrected chi connectivity index (χ2v) is 5.68. The molecule has 1 heterocycles. The Balaban J connectivity index is 1.95. The molecule has 0 fully saturated rings. The summed E-state index contributed by atoms with van der Waals surface area (Å²) >= 11 is 17.1. The van der Waals surface area contributed by atoms with Crippen LogP contribution in [-0.4, -0.2) is 38.2 Å². The van der Waals surface area contributed by atoms with Gasteiger partial charge in [0.05, 0.1) is 17.8 Å². The van der Waals surface area contributed by atoms with Crippen molar-refractivity contribution in [2.24, 2.45) is 5.10 Å². The summed E-state index contributed by atoms with van der Waals surface area (Å²) in [6.45, 7) is 1.57. The number of hydrogen-bond acceptors (Lipinski definition) is 4. The third-order valence-corrected chi connectivity index (χ3v) is 3.48. The molecule has 118 valence electrons. The number of nitrogens with one attached hydrogen (secondary N) is 2.